The molecule has 2 aromatic heterocycles. The van der Waals surface area contributed by atoms with Crippen LogP contribution in [0.25, 0.3) is 11.3 Å². The molecule has 12 heteroatoms. The van der Waals surface area contributed by atoms with Crippen molar-refractivity contribution in [2.24, 2.45) is 0 Å². The smallest absolute Gasteiger partial charge is 0.321 e. The highest BCUT2D eigenvalue weighted by Gasteiger charge is 2.17. The number of nitrogens with zero attached hydrogens (tertiary/aromatic N) is 3. The summed E-state index contributed by atoms with van der Waals surface area (Å²) in [5.41, 5.74) is 2.73. The molecule has 4 rings (SSSR count). The lowest BCUT2D eigenvalue weighted by Gasteiger charge is -2.10. The lowest BCUT2D eigenvalue weighted by atomic mass is 10.1. The molecule has 2 heterocycles. The van der Waals surface area contributed by atoms with Crippen LogP contribution >= 0.6 is 11.3 Å². The van der Waals surface area contributed by atoms with Gasteiger partial charge in [-0.15, -0.1) is 11.3 Å². The maximum Gasteiger partial charge on any atom is 0.321 e. The van der Waals surface area contributed by atoms with Gasteiger partial charge in [-0.05, 0) is 55.0 Å². The number of anilines is 3. The van der Waals surface area contributed by atoms with E-state index in [0.29, 0.717) is 16.4 Å². The van der Waals surface area contributed by atoms with E-state index < -0.39 is 10.0 Å². The van der Waals surface area contributed by atoms with Gasteiger partial charge < -0.3 is 14.8 Å². The Balaban J connectivity index is 1.48. The zero-order valence-electron chi connectivity index (χ0n) is 18.4. The van der Waals surface area contributed by atoms with Crippen LogP contribution in [0.3, 0.4) is 0 Å². The number of benzene rings is 2. The van der Waals surface area contributed by atoms with Crippen molar-refractivity contribution in [2.75, 3.05) is 24.3 Å². The fraction of sp³-hybridized carbons (Fsp3) is 0.136. The maximum absolute atomic E-state index is 13.5. The normalized spacial score (nSPS) is 11.2. The van der Waals surface area contributed by atoms with Crippen LogP contribution in [-0.4, -0.2) is 37.6 Å². The van der Waals surface area contributed by atoms with E-state index in [4.69, 9.17) is 9.47 Å². The van der Waals surface area contributed by atoms with Crippen LogP contribution in [0.1, 0.15) is 5.56 Å². The number of sulfonamides is 1. The largest absolute Gasteiger partial charge is 0.481 e. The Morgan fingerprint density at radius 1 is 0.971 bits per heavy atom. The van der Waals surface area contributed by atoms with Crippen molar-refractivity contribution in [1.82, 2.24) is 15.0 Å². The molecule has 0 aliphatic rings. The molecule has 0 atom stereocenters. The summed E-state index contributed by atoms with van der Waals surface area (Å²) in [5.74, 6) is -0.0974. The van der Waals surface area contributed by atoms with Gasteiger partial charge in [-0.1, -0.05) is 0 Å². The van der Waals surface area contributed by atoms with Gasteiger partial charge in [0, 0.05) is 22.7 Å². The van der Waals surface area contributed by atoms with Crippen LogP contribution in [0, 0.1) is 12.7 Å². The summed E-state index contributed by atoms with van der Waals surface area (Å²) >= 11 is 1.38. The summed E-state index contributed by atoms with van der Waals surface area (Å²) in [5, 5.41) is 5.62. The quantitative estimate of drug-likeness (QED) is 0.360. The van der Waals surface area contributed by atoms with Crippen LogP contribution in [0.15, 0.2) is 58.8 Å². The molecule has 0 bridgehead atoms. The summed E-state index contributed by atoms with van der Waals surface area (Å²) < 4.78 is 51.4. The van der Waals surface area contributed by atoms with Gasteiger partial charge in [-0.25, -0.2) is 17.8 Å². The SMILES string of the molecule is COc1cc(NS(=O)(=O)c2ccc(Nc3nc(-c4ccc(F)c(C)c4)cs3)cc2)nc(OC)n1. The van der Waals surface area contributed by atoms with Crippen molar-refractivity contribution >= 4 is 38.0 Å². The Morgan fingerprint density at radius 2 is 1.74 bits per heavy atom. The van der Waals surface area contributed by atoms with Gasteiger partial charge in [0.2, 0.25) is 5.88 Å². The van der Waals surface area contributed by atoms with Crippen molar-refractivity contribution in [3.63, 3.8) is 0 Å². The number of ether oxygens (including phenoxy) is 2. The van der Waals surface area contributed by atoms with Gasteiger partial charge in [-0.3, -0.25) is 4.72 Å². The average Bonchev–Trinajstić information content (AvgIpc) is 3.29. The van der Waals surface area contributed by atoms with E-state index in [0.717, 1.165) is 11.3 Å². The minimum absolute atomic E-state index is 0.0113. The zero-order chi connectivity index (χ0) is 24.3. The maximum atomic E-state index is 13.5. The van der Waals surface area contributed by atoms with E-state index in [9.17, 15) is 12.8 Å². The van der Waals surface area contributed by atoms with Crippen LogP contribution in [0.5, 0.6) is 11.9 Å². The van der Waals surface area contributed by atoms with Gasteiger partial charge in [0.25, 0.3) is 10.0 Å². The number of hydrogen-bond donors (Lipinski definition) is 2. The molecule has 0 spiro atoms. The fourth-order valence-electron chi connectivity index (χ4n) is 2.96. The molecule has 2 N–H and O–H groups in total. The Labute approximate surface area is 199 Å². The fourth-order valence-corrected chi connectivity index (χ4v) is 4.69. The second-order valence-electron chi connectivity index (χ2n) is 7.04. The first-order valence-electron chi connectivity index (χ1n) is 9.86. The van der Waals surface area contributed by atoms with E-state index >= 15 is 0 Å². The molecule has 176 valence electrons. The highest BCUT2D eigenvalue weighted by molar-refractivity contribution is 7.92. The predicted octanol–water partition coefficient (Wildman–Crippen LogP) is 4.61. The van der Waals surface area contributed by atoms with E-state index in [1.54, 1.807) is 31.2 Å². The Bertz CT molecular complexity index is 1400. The molecular weight excluding hydrogens is 481 g/mol. The highest BCUT2D eigenvalue weighted by Crippen LogP contribution is 2.29. The number of thiazole rings is 1. The first-order chi connectivity index (χ1) is 16.3. The molecule has 0 fully saturated rings. The number of aryl methyl sites for hydroxylation is 1. The minimum Gasteiger partial charge on any atom is -0.481 e. The standard InChI is InChI=1S/C22H20FN5O4S2/c1-13-10-14(4-9-17(13)23)18-12-33-22(25-18)24-15-5-7-16(8-6-15)34(29,30)28-19-11-20(31-2)27-21(26-19)32-3/h4-12H,1-3H3,(H,24,25)(H,26,27,28). The van der Waals surface area contributed by atoms with Crippen molar-refractivity contribution in [1.29, 1.82) is 0 Å². The van der Waals surface area contributed by atoms with Gasteiger partial charge >= 0.3 is 6.01 Å². The second-order valence-corrected chi connectivity index (χ2v) is 9.58. The molecule has 0 saturated carbocycles. The third-order valence-electron chi connectivity index (χ3n) is 4.69. The monoisotopic (exact) mass is 501 g/mol. The topological polar surface area (TPSA) is 115 Å². The molecule has 34 heavy (non-hydrogen) atoms. The predicted molar refractivity (Wildman–Crippen MR) is 128 cm³/mol. The molecule has 0 radical (unpaired) electrons. The van der Waals surface area contributed by atoms with E-state index in [1.807, 2.05) is 5.38 Å². The lowest BCUT2D eigenvalue weighted by Crippen LogP contribution is -2.14. The number of rotatable bonds is 8. The minimum atomic E-state index is -3.92. The number of nitrogens with one attached hydrogen (secondary N) is 2. The summed E-state index contributed by atoms with van der Waals surface area (Å²) in [6.07, 6.45) is 0. The van der Waals surface area contributed by atoms with Gasteiger partial charge in [0.05, 0.1) is 24.8 Å². The molecule has 0 amide bonds. The van der Waals surface area contributed by atoms with E-state index in [2.05, 4.69) is 25.0 Å². The molecular formula is C22H20FN5O4S2. The van der Waals surface area contributed by atoms with Gasteiger partial charge in [-0.2, -0.15) is 9.97 Å². The van der Waals surface area contributed by atoms with Crippen molar-refractivity contribution in [3.05, 3.63) is 65.3 Å². The molecule has 0 unspecified atom stereocenters. The van der Waals surface area contributed by atoms with Gasteiger partial charge in [0.15, 0.2) is 10.9 Å². The van der Waals surface area contributed by atoms with Crippen LogP contribution < -0.4 is 19.5 Å². The molecule has 9 nitrogen and oxygen atoms in total. The summed E-state index contributed by atoms with van der Waals surface area (Å²) in [4.78, 5) is 12.5. The molecule has 2 aromatic carbocycles. The lowest BCUT2D eigenvalue weighted by molar-refractivity contribution is 0.353. The summed E-state index contributed by atoms with van der Waals surface area (Å²) in [6.45, 7) is 1.70. The Kier molecular flexibility index (Phi) is 6.61. The average molecular weight is 502 g/mol. The van der Waals surface area contributed by atoms with Crippen molar-refractivity contribution in [2.45, 2.75) is 11.8 Å². The van der Waals surface area contributed by atoms with Crippen molar-refractivity contribution in [3.8, 4) is 23.1 Å². The van der Waals surface area contributed by atoms with E-state index in [1.165, 1.54) is 49.8 Å². The molecule has 0 saturated heterocycles. The van der Waals surface area contributed by atoms with Gasteiger partial charge in [0.1, 0.15) is 5.82 Å². The van der Waals surface area contributed by atoms with Crippen LogP contribution in [0.2, 0.25) is 0 Å². The van der Waals surface area contributed by atoms with Crippen LogP contribution in [0.4, 0.5) is 21.0 Å². The van der Waals surface area contributed by atoms with Crippen molar-refractivity contribution < 1.29 is 22.3 Å². The number of methoxy groups -OCH3 is 2. The number of hydrogen-bond acceptors (Lipinski definition) is 9. The van der Waals surface area contributed by atoms with E-state index in [-0.39, 0.29) is 28.4 Å². The van der Waals surface area contributed by atoms with Crippen LogP contribution in [-0.2, 0) is 10.0 Å². The molecule has 0 aliphatic heterocycles. The summed E-state index contributed by atoms with van der Waals surface area (Å²) in [7, 11) is -1.15. The molecule has 0 aliphatic carbocycles. The first-order valence-corrected chi connectivity index (χ1v) is 12.2. The Morgan fingerprint density at radius 3 is 2.41 bits per heavy atom. The summed E-state index contributed by atoms with van der Waals surface area (Å²) in [6, 6.07) is 12.3. The first kappa shape index (κ1) is 23.4. The third kappa shape index (κ3) is 5.24. The Hall–Kier alpha value is -3.77. The molecule has 4 aromatic rings. The number of aromatic nitrogens is 3. The highest BCUT2D eigenvalue weighted by atomic mass is 32.2. The second kappa shape index (κ2) is 9.61. The third-order valence-corrected chi connectivity index (χ3v) is 6.81. The number of halogens is 1. The zero-order valence-corrected chi connectivity index (χ0v) is 20.0.